The summed E-state index contributed by atoms with van der Waals surface area (Å²) in [5, 5.41) is 16.3. The van der Waals surface area contributed by atoms with Crippen LogP contribution in [0.25, 0.3) is 10.9 Å². The van der Waals surface area contributed by atoms with Crippen LogP contribution in [0.15, 0.2) is 30.5 Å². The third kappa shape index (κ3) is 3.41. The van der Waals surface area contributed by atoms with Crippen LogP contribution in [0, 0.1) is 0 Å². The molecular weight excluding hydrogens is 294 g/mol. The van der Waals surface area contributed by atoms with Crippen LogP contribution >= 0.6 is 0 Å². The van der Waals surface area contributed by atoms with E-state index in [1.807, 2.05) is 6.07 Å². The maximum Gasteiger partial charge on any atom is 0.242 e. The van der Waals surface area contributed by atoms with E-state index in [-0.39, 0.29) is 17.6 Å². The summed E-state index contributed by atoms with van der Waals surface area (Å²) in [6, 6.07) is 6.53. The number of nitrogens with one attached hydrogen (secondary N) is 2. The van der Waals surface area contributed by atoms with Crippen LogP contribution in [0.1, 0.15) is 31.2 Å². The number of carbonyl (C=O) groups excluding carboxylic acids is 2. The Morgan fingerprint density at radius 2 is 2.22 bits per heavy atom. The Kier molecular flexibility index (Phi) is 4.41. The van der Waals surface area contributed by atoms with Gasteiger partial charge < -0.3 is 15.7 Å². The van der Waals surface area contributed by atoms with Crippen LogP contribution in [0.4, 0.5) is 0 Å². The fraction of sp³-hybridized carbons (Fsp3) is 0.353. The van der Waals surface area contributed by atoms with E-state index < -0.39 is 6.04 Å². The van der Waals surface area contributed by atoms with E-state index in [2.05, 4.69) is 15.6 Å². The number of amides is 2. The summed E-state index contributed by atoms with van der Waals surface area (Å²) in [7, 11) is 0. The Balaban J connectivity index is 1.72. The van der Waals surface area contributed by atoms with Crippen molar-refractivity contribution in [1.29, 1.82) is 0 Å². The lowest BCUT2D eigenvalue weighted by Crippen LogP contribution is -2.45. The summed E-state index contributed by atoms with van der Waals surface area (Å²) in [5.41, 5.74) is 1.39. The maximum atomic E-state index is 12.3. The first kappa shape index (κ1) is 15.3. The molecule has 0 aliphatic carbocycles. The largest absolute Gasteiger partial charge is 0.506 e. The highest BCUT2D eigenvalue weighted by Gasteiger charge is 2.22. The SMILES string of the molecule is O=C1CCCC[C@@H](C(=O)NCc2ccc(O)c3ncccc23)N1. The summed E-state index contributed by atoms with van der Waals surface area (Å²) >= 11 is 0. The molecule has 1 aromatic carbocycles. The van der Waals surface area contributed by atoms with Crippen molar-refractivity contribution in [3.63, 3.8) is 0 Å². The number of hydrogen-bond acceptors (Lipinski definition) is 4. The van der Waals surface area contributed by atoms with Gasteiger partial charge >= 0.3 is 0 Å². The standard InChI is InChI=1S/C17H19N3O3/c21-14-8-7-11(12-4-3-9-18-16(12)14)10-19-17(23)13-5-1-2-6-15(22)20-13/h3-4,7-9,13,21H,1-2,5-6,10H2,(H,19,23)(H,20,22)/t13-/m0/s1. The molecule has 2 amide bonds. The average Bonchev–Trinajstić information content (AvgIpc) is 2.79. The fourth-order valence-corrected chi connectivity index (χ4v) is 2.85. The number of fused-ring (bicyclic) bond motifs is 1. The van der Waals surface area contributed by atoms with Crippen molar-refractivity contribution in [2.75, 3.05) is 0 Å². The van der Waals surface area contributed by atoms with Crippen molar-refractivity contribution in [2.45, 2.75) is 38.3 Å². The summed E-state index contributed by atoms with van der Waals surface area (Å²) in [6.07, 6.45) is 4.45. The number of aromatic nitrogens is 1. The van der Waals surface area contributed by atoms with Gasteiger partial charge in [-0.25, -0.2) is 0 Å². The molecular formula is C17H19N3O3. The lowest BCUT2D eigenvalue weighted by Gasteiger charge is -2.16. The first-order valence-electron chi connectivity index (χ1n) is 7.78. The molecule has 6 nitrogen and oxygen atoms in total. The van der Waals surface area contributed by atoms with Crippen molar-refractivity contribution in [3.05, 3.63) is 36.0 Å². The van der Waals surface area contributed by atoms with Crippen molar-refractivity contribution in [3.8, 4) is 5.75 Å². The smallest absolute Gasteiger partial charge is 0.242 e. The Hall–Kier alpha value is -2.63. The van der Waals surface area contributed by atoms with Gasteiger partial charge in [0.1, 0.15) is 17.3 Å². The molecule has 1 aliphatic rings. The minimum Gasteiger partial charge on any atom is -0.506 e. The highest BCUT2D eigenvalue weighted by molar-refractivity contribution is 5.89. The predicted molar refractivity (Wildman–Crippen MR) is 85.7 cm³/mol. The van der Waals surface area contributed by atoms with E-state index in [4.69, 9.17) is 0 Å². The molecule has 120 valence electrons. The lowest BCUT2D eigenvalue weighted by molar-refractivity contribution is -0.128. The molecule has 0 spiro atoms. The zero-order valence-electron chi connectivity index (χ0n) is 12.7. The molecule has 3 N–H and O–H groups in total. The van der Waals surface area contributed by atoms with E-state index in [0.29, 0.717) is 24.9 Å². The molecule has 1 atom stereocenters. The van der Waals surface area contributed by atoms with Gasteiger partial charge in [0.2, 0.25) is 11.8 Å². The van der Waals surface area contributed by atoms with Crippen LogP contribution in [0.5, 0.6) is 5.75 Å². The molecule has 3 rings (SSSR count). The zero-order chi connectivity index (χ0) is 16.2. The third-order valence-electron chi connectivity index (χ3n) is 4.09. The Bertz CT molecular complexity index is 745. The van der Waals surface area contributed by atoms with Gasteiger partial charge in [-0.1, -0.05) is 18.6 Å². The molecule has 1 aromatic heterocycles. The first-order chi connectivity index (χ1) is 11.1. The van der Waals surface area contributed by atoms with E-state index in [0.717, 1.165) is 23.8 Å². The topological polar surface area (TPSA) is 91.3 Å². The van der Waals surface area contributed by atoms with Crippen molar-refractivity contribution < 1.29 is 14.7 Å². The second-order valence-corrected chi connectivity index (χ2v) is 5.73. The zero-order valence-corrected chi connectivity index (χ0v) is 12.7. The highest BCUT2D eigenvalue weighted by Crippen LogP contribution is 2.25. The van der Waals surface area contributed by atoms with Crippen molar-refractivity contribution in [1.82, 2.24) is 15.6 Å². The Morgan fingerprint density at radius 1 is 1.35 bits per heavy atom. The summed E-state index contributed by atoms with van der Waals surface area (Å²) < 4.78 is 0. The average molecular weight is 313 g/mol. The number of benzene rings is 1. The van der Waals surface area contributed by atoms with Crippen LogP contribution < -0.4 is 10.6 Å². The minimum absolute atomic E-state index is 0.0677. The van der Waals surface area contributed by atoms with Gasteiger partial charge in [0.15, 0.2) is 0 Å². The molecule has 6 heteroatoms. The number of phenols is 1. The van der Waals surface area contributed by atoms with Gasteiger partial charge in [-0.15, -0.1) is 0 Å². The number of rotatable bonds is 3. The summed E-state index contributed by atoms with van der Waals surface area (Å²) in [4.78, 5) is 28.0. The van der Waals surface area contributed by atoms with Crippen LogP contribution in [0.3, 0.4) is 0 Å². The Morgan fingerprint density at radius 3 is 3.09 bits per heavy atom. The number of hydrogen-bond donors (Lipinski definition) is 3. The lowest BCUT2D eigenvalue weighted by atomic mass is 10.1. The number of nitrogens with zero attached hydrogens (tertiary/aromatic N) is 1. The van der Waals surface area contributed by atoms with E-state index in [9.17, 15) is 14.7 Å². The minimum atomic E-state index is -0.466. The molecule has 0 saturated carbocycles. The second kappa shape index (κ2) is 6.64. The monoisotopic (exact) mass is 313 g/mol. The Labute approximate surface area is 133 Å². The van der Waals surface area contributed by atoms with Crippen LogP contribution in [-0.4, -0.2) is 27.9 Å². The second-order valence-electron chi connectivity index (χ2n) is 5.73. The molecule has 0 bridgehead atoms. The molecule has 23 heavy (non-hydrogen) atoms. The highest BCUT2D eigenvalue weighted by atomic mass is 16.3. The van der Waals surface area contributed by atoms with Crippen molar-refractivity contribution >= 4 is 22.7 Å². The molecule has 0 unspecified atom stereocenters. The van der Waals surface area contributed by atoms with E-state index in [1.165, 1.54) is 0 Å². The normalized spacial score (nSPS) is 18.3. The molecule has 1 saturated heterocycles. The number of aromatic hydroxyl groups is 1. The van der Waals surface area contributed by atoms with Gasteiger partial charge in [-0.3, -0.25) is 14.6 Å². The molecule has 2 aromatic rings. The molecule has 1 fully saturated rings. The van der Waals surface area contributed by atoms with Crippen LogP contribution in [0.2, 0.25) is 0 Å². The maximum absolute atomic E-state index is 12.3. The third-order valence-corrected chi connectivity index (χ3v) is 4.09. The first-order valence-corrected chi connectivity index (χ1v) is 7.78. The molecule has 0 radical (unpaired) electrons. The molecule has 2 heterocycles. The van der Waals surface area contributed by atoms with Crippen molar-refractivity contribution in [2.24, 2.45) is 0 Å². The van der Waals surface area contributed by atoms with E-state index in [1.54, 1.807) is 24.4 Å². The summed E-state index contributed by atoms with van der Waals surface area (Å²) in [6.45, 7) is 0.327. The van der Waals surface area contributed by atoms with Gasteiger partial charge in [-0.05, 0) is 30.5 Å². The fourth-order valence-electron chi connectivity index (χ4n) is 2.85. The van der Waals surface area contributed by atoms with Gasteiger partial charge in [0.05, 0.1) is 0 Å². The summed E-state index contributed by atoms with van der Waals surface area (Å²) in [5.74, 6) is -0.126. The van der Waals surface area contributed by atoms with Crippen LogP contribution in [-0.2, 0) is 16.1 Å². The van der Waals surface area contributed by atoms with E-state index >= 15 is 0 Å². The number of phenolic OH excluding ortho intramolecular Hbond substituents is 1. The van der Waals surface area contributed by atoms with Gasteiger partial charge in [0.25, 0.3) is 0 Å². The van der Waals surface area contributed by atoms with Gasteiger partial charge in [-0.2, -0.15) is 0 Å². The number of carbonyl (C=O) groups is 2. The number of pyridine rings is 1. The molecule has 1 aliphatic heterocycles. The quantitative estimate of drug-likeness (QED) is 0.803. The van der Waals surface area contributed by atoms with Gasteiger partial charge in [0, 0.05) is 24.5 Å². The predicted octanol–water partition coefficient (Wildman–Crippen LogP) is 1.62.